The number of carbonyl (C=O) groups is 1. The average Bonchev–Trinajstić information content (AvgIpc) is 2.62. The number of aryl methyl sites for hydroxylation is 1. The van der Waals surface area contributed by atoms with E-state index in [9.17, 15) is 4.79 Å². The fourth-order valence-corrected chi connectivity index (χ4v) is 4.08. The van der Waals surface area contributed by atoms with Gasteiger partial charge in [-0.05, 0) is 49.9 Å². The van der Waals surface area contributed by atoms with E-state index < -0.39 is 0 Å². The lowest BCUT2D eigenvalue weighted by Gasteiger charge is -2.35. The molecule has 0 aromatic heterocycles. The lowest BCUT2D eigenvalue weighted by molar-refractivity contribution is -0.113. The summed E-state index contributed by atoms with van der Waals surface area (Å²) >= 11 is 7.58. The molecule has 1 amide bonds. The van der Waals surface area contributed by atoms with E-state index in [1.807, 2.05) is 36.4 Å². The Balaban J connectivity index is 1.57. The summed E-state index contributed by atoms with van der Waals surface area (Å²) in [6.45, 7) is 6.34. The van der Waals surface area contributed by atoms with E-state index in [4.69, 9.17) is 11.6 Å². The van der Waals surface area contributed by atoms with Crippen molar-refractivity contribution in [1.29, 1.82) is 0 Å². The van der Waals surface area contributed by atoms with E-state index in [1.165, 1.54) is 23.0 Å². The van der Waals surface area contributed by atoms with Gasteiger partial charge in [0.15, 0.2) is 0 Å². The van der Waals surface area contributed by atoms with Gasteiger partial charge >= 0.3 is 0 Å². The van der Waals surface area contributed by atoms with E-state index >= 15 is 0 Å². The second kappa shape index (κ2) is 8.80. The summed E-state index contributed by atoms with van der Waals surface area (Å²) in [7, 11) is 2.16. The molecule has 1 aliphatic heterocycles. The maximum atomic E-state index is 12.2. The van der Waals surface area contributed by atoms with Gasteiger partial charge in [0.2, 0.25) is 5.91 Å². The second-order valence-corrected chi connectivity index (χ2v) is 7.98. The normalized spacial score (nSPS) is 15.1. The van der Waals surface area contributed by atoms with Crippen LogP contribution >= 0.6 is 23.4 Å². The summed E-state index contributed by atoms with van der Waals surface area (Å²) in [5.41, 5.74) is 3.28. The Kier molecular flexibility index (Phi) is 6.46. The molecule has 0 bridgehead atoms. The minimum Gasteiger partial charge on any atom is -0.369 e. The highest BCUT2D eigenvalue weighted by Crippen LogP contribution is 2.27. The van der Waals surface area contributed by atoms with Crippen LogP contribution in [0.3, 0.4) is 0 Å². The molecule has 3 rings (SSSR count). The molecular formula is C20H24ClN3OS. The number of nitrogens with one attached hydrogen (secondary N) is 1. The number of nitrogens with zero attached hydrogens (tertiary/aromatic N) is 2. The molecule has 6 heteroatoms. The Labute approximate surface area is 164 Å². The zero-order valence-electron chi connectivity index (χ0n) is 15.2. The van der Waals surface area contributed by atoms with Crippen molar-refractivity contribution in [2.45, 2.75) is 11.8 Å². The molecule has 2 aromatic carbocycles. The third-order valence-corrected chi connectivity index (χ3v) is 6.04. The number of rotatable bonds is 5. The molecule has 4 nitrogen and oxygen atoms in total. The quantitative estimate of drug-likeness (QED) is 0.780. The molecule has 2 aromatic rings. The van der Waals surface area contributed by atoms with Crippen molar-refractivity contribution in [2.24, 2.45) is 0 Å². The van der Waals surface area contributed by atoms with Crippen LogP contribution in [0.25, 0.3) is 0 Å². The van der Waals surface area contributed by atoms with Crippen molar-refractivity contribution < 1.29 is 4.79 Å². The summed E-state index contributed by atoms with van der Waals surface area (Å²) in [6, 6.07) is 13.7. The van der Waals surface area contributed by atoms with Crippen LogP contribution in [0, 0.1) is 6.92 Å². The highest BCUT2D eigenvalue weighted by Gasteiger charge is 2.16. The first kappa shape index (κ1) is 19.1. The van der Waals surface area contributed by atoms with Crippen molar-refractivity contribution in [3.05, 3.63) is 53.1 Å². The SMILES string of the molecule is Cc1cc(NC(=O)CSc2ccccc2Cl)ccc1N1CCN(C)CC1. The van der Waals surface area contributed by atoms with Crippen molar-refractivity contribution in [3.8, 4) is 0 Å². The molecule has 0 aliphatic carbocycles. The van der Waals surface area contributed by atoms with Gasteiger partial charge in [0.1, 0.15) is 0 Å². The van der Waals surface area contributed by atoms with Crippen LogP contribution < -0.4 is 10.2 Å². The van der Waals surface area contributed by atoms with Crippen molar-refractivity contribution in [3.63, 3.8) is 0 Å². The lowest BCUT2D eigenvalue weighted by atomic mass is 10.1. The number of benzene rings is 2. The van der Waals surface area contributed by atoms with E-state index in [-0.39, 0.29) is 5.91 Å². The number of amides is 1. The zero-order valence-corrected chi connectivity index (χ0v) is 16.7. The fraction of sp³-hybridized carbons (Fsp3) is 0.350. The predicted octanol–water partition coefficient (Wildman–Crippen LogP) is 4.13. The van der Waals surface area contributed by atoms with E-state index in [0.717, 1.165) is 36.8 Å². The van der Waals surface area contributed by atoms with Gasteiger partial charge in [0.05, 0.1) is 10.8 Å². The van der Waals surface area contributed by atoms with E-state index in [2.05, 4.69) is 35.2 Å². The highest BCUT2D eigenvalue weighted by molar-refractivity contribution is 8.00. The van der Waals surface area contributed by atoms with E-state index in [0.29, 0.717) is 10.8 Å². The third kappa shape index (κ3) is 4.93. The zero-order chi connectivity index (χ0) is 18.5. The second-order valence-electron chi connectivity index (χ2n) is 6.56. The first-order valence-corrected chi connectivity index (χ1v) is 10.1. The number of likely N-dealkylation sites (N-methyl/N-ethyl adjacent to an activating group) is 1. The number of anilines is 2. The Morgan fingerprint density at radius 1 is 1.15 bits per heavy atom. The molecular weight excluding hydrogens is 366 g/mol. The molecule has 1 N–H and O–H groups in total. The predicted molar refractivity (Wildman–Crippen MR) is 112 cm³/mol. The van der Waals surface area contributed by atoms with Gasteiger partial charge in [-0.3, -0.25) is 4.79 Å². The van der Waals surface area contributed by atoms with E-state index in [1.54, 1.807) is 0 Å². The monoisotopic (exact) mass is 389 g/mol. The van der Waals surface area contributed by atoms with Crippen LogP contribution in [0.15, 0.2) is 47.4 Å². The van der Waals surface area contributed by atoms with Crippen LogP contribution in [0.4, 0.5) is 11.4 Å². The van der Waals surface area contributed by atoms with Gasteiger partial charge in [-0.15, -0.1) is 11.8 Å². The maximum Gasteiger partial charge on any atom is 0.234 e. The third-order valence-electron chi connectivity index (χ3n) is 4.52. The van der Waals surface area contributed by atoms with Gasteiger partial charge in [-0.2, -0.15) is 0 Å². The molecule has 26 heavy (non-hydrogen) atoms. The first-order chi connectivity index (χ1) is 12.5. The topological polar surface area (TPSA) is 35.6 Å². The van der Waals surface area contributed by atoms with Gasteiger partial charge in [-0.1, -0.05) is 23.7 Å². The summed E-state index contributed by atoms with van der Waals surface area (Å²) in [6.07, 6.45) is 0. The Hall–Kier alpha value is -1.69. The van der Waals surface area contributed by atoms with Crippen molar-refractivity contribution in [2.75, 3.05) is 49.2 Å². The van der Waals surface area contributed by atoms with Crippen LogP contribution in [0.5, 0.6) is 0 Å². The van der Waals surface area contributed by atoms with Crippen LogP contribution in [-0.2, 0) is 4.79 Å². The molecule has 0 unspecified atom stereocenters. The maximum absolute atomic E-state index is 12.2. The molecule has 0 spiro atoms. The van der Waals surface area contributed by atoms with Gasteiger partial charge in [0, 0.05) is 42.4 Å². The fourth-order valence-electron chi connectivity index (χ4n) is 3.04. The largest absolute Gasteiger partial charge is 0.369 e. The molecule has 1 saturated heterocycles. The number of carbonyl (C=O) groups excluding carboxylic acids is 1. The minimum atomic E-state index is -0.0262. The Bertz CT molecular complexity index is 775. The number of thioether (sulfide) groups is 1. The Morgan fingerprint density at radius 2 is 1.88 bits per heavy atom. The molecule has 1 fully saturated rings. The van der Waals surface area contributed by atoms with Gasteiger partial charge in [-0.25, -0.2) is 0 Å². The number of halogens is 1. The molecule has 138 valence electrons. The standard InChI is InChI=1S/C20H24ClN3OS/c1-15-13-16(7-8-18(15)24-11-9-23(2)10-12-24)22-20(25)14-26-19-6-4-3-5-17(19)21/h3-8,13H,9-12,14H2,1-2H3,(H,22,25). The lowest BCUT2D eigenvalue weighted by Crippen LogP contribution is -2.44. The van der Waals surface area contributed by atoms with Crippen LogP contribution in [0.2, 0.25) is 5.02 Å². The van der Waals surface area contributed by atoms with Gasteiger partial charge in [0.25, 0.3) is 0 Å². The molecule has 0 radical (unpaired) electrons. The van der Waals surface area contributed by atoms with Crippen molar-refractivity contribution in [1.82, 2.24) is 4.90 Å². The smallest absolute Gasteiger partial charge is 0.234 e. The molecule has 1 heterocycles. The number of hydrogen-bond donors (Lipinski definition) is 1. The number of piperazine rings is 1. The van der Waals surface area contributed by atoms with Gasteiger partial charge < -0.3 is 15.1 Å². The van der Waals surface area contributed by atoms with Crippen LogP contribution in [0.1, 0.15) is 5.56 Å². The highest BCUT2D eigenvalue weighted by atomic mass is 35.5. The molecule has 0 saturated carbocycles. The Morgan fingerprint density at radius 3 is 2.58 bits per heavy atom. The molecule has 0 atom stereocenters. The van der Waals surface area contributed by atoms with Crippen LogP contribution in [-0.4, -0.2) is 49.8 Å². The first-order valence-electron chi connectivity index (χ1n) is 8.74. The summed E-state index contributed by atoms with van der Waals surface area (Å²) in [4.78, 5) is 17.9. The summed E-state index contributed by atoms with van der Waals surface area (Å²) in [5, 5.41) is 3.66. The summed E-state index contributed by atoms with van der Waals surface area (Å²) < 4.78 is 0. The minimum absolute atomic E-state index is 0.0262. The average molecular weight is 390 g/mol. The van der Waals surface area contributed by atoms with Crippen molar-refractivity contribution >= 4 is 40.6 Å². The molecule has 1 aliphatic rings. The summed E-state index contributed by atoms with van der Waals surface area (Å²) in [5.74, 6) is 0.310. The number of hydrogen-bond acceptors (Lipinski definition) is 4.